The van der Waals surface area contributed by atoms with Crippen molar-refractivity contribution in [1.82, 2.24) is 4.90 Å². The highest BCUT2D eigenvalue weighted by Gasteiger charge is 2.46. The maximum atomic E-state index is 11.6. The molecule has 2 aliphatic rings. The molecule has 2 rings (SSSR count). The first-order chi connectivity index (χ1) is 7.51. The van der Waals surface area contributed by atoms with Crippen LogP contribution >= 0.6 is 0 Å². The molecule has 0 spiro atoms. The zero-order valence-corrected chi connectivity index (χ0v) is 10.8. The van der Waals surface area contributed by atoms with Crippen LogP contribution in [0.15, 0.2) is 0 Å². The van der Waals surface area contributed by atoms with Crippen LogP contribution in [0.25, 0.3) is 0 Å². The first kappa shape index (κ1) is 12.3. The average Bonchev–Trinajstić information content (AvgIpc) is 3.00. The SMILES string of the molecule is CCN(CC1CC1)C1(CN)CCS(=O)(=O)C1. The number of hydrogen-bond acceptors (Lipinski definition) is 4. The summed E-state index contributed by atoms with van der Waals surface area (Å²) >= 11 is 0. The number of nitrogens with zero attached hydrogens (tertiary/aromatic N) is 1. The largest absolute Gasteiger partial charge is 0.329 e. The molecule has 5 heteroatoms. The zero-order valence-electron chi connectivity index (χ0n) is 9.98. The molecular weight excluding hydrogens is 224 g/mol. The minimum absolute atomic E-state index is 0.261. The number of likely N-dealkylation sites (N-methyl/N-ethyl adjacent to an activating group) is 1. The predicted molar refractivity (Wildman–Crippen MR) is 65.0 cm³/mol. The topological polar surface area (TPSA) is 63.4 Å². The maximum Gasteiger partial charge on any atom is 0.152 e. The van der Waals surface area contributed by atoms with Crippen LogP contribution in [-0.4, -0.2) is 50.0 Å². The van der Waals surface area contributed by atoms with E-state index in [0.717, 1.165) is 19.0 Å². The van der Waals surface area contributed by atoms with Gasteiger partial charge in [-0.2, -0.15) is 0 Å². The van der Waals surface area contributed by atoms with Gasteiger partial charge in [0.1, 0.15) is 0 Å². The Balaban J connectivity index is 2.12. The molecule has 0 bridgehead atoms. The third-order valence-corrected chi connectivity index (χ3v) is 5.78. The maximum absolute atomic E-state index is 11.6. The summed E-state index contributed by atoms with van der Waals surface area (Å²) in [6, 6.07) is 0. The van der Waals surface area contributed by atoms with Crippen molar-refractivity contribution >= 4 is 9.84 Å². The summed E-state index contributed by atoms with van der Waals surface area (Å²) in [5.74, 6) is 1.36. The second kappa shape index (κ2) is 4.27. The molecule has 1 saturated carbocycles. The molecule has 1 unspecified atom stereocenters. The molecule has 4 nitrogen and oxygen atoms in total. The Labute approximate surface area is 98.1 Å². The molecular formula is C11H22N2O2S. The van der Waals surface area contributed by atoms with Crippen LogP contribution in [0.4, 0.5) is 0 Å². The van der Waals surface area contributed by atoms with Crippen molar-refractivity contribution in [2.75, 3.05) is 31.1 Å². The summed E-state index contributed by atoms with van der Waals surface area (Å²) in [6.07, 6.45) is 3.31. The van der Waals surface area contributed by atoms with E-state index in [4.69, 9.17) is 5.73 Å². The molecule has 0 amide bonds. The highest BCUT2D eigenvalue weighted by molar-refractivity contribution is 7.91. The van der Waals surface area contributed by atoms with Crippen molar-refractivity contribution < 1.29 is 8.42 Å². The van der Waals surface area contributed by atoms with Gasteiger partial charge in [0.2, 0.25) is 0 Å². The molecule has 0 aromatic rings. The van der Waals surface area contributed by atoms with E-state index in [9.17, 15) is 8.42 Å². The van der Waals surface area contributed by atoms with Gasteiger partial charge in [0, 0.05) is 18.6 Å². The van der Waals surface area contributed by atoms with Gasteiger partial charge in [-0.3, -0.25) is 4.90 Å². The van der Waals surface area contributed by atoms with Crippen LogP contribution in [0.5, 0.6) is 0 Å². The highest BCUT2D eigenvalue weighted by Crippen LogP contribution is 2.35. The Morgan fingerprint density at radius 2 is 2.12 bits per heavy atom. The number of hydrogen-bond donors (Lipinski definition) is 1. The molecule has 1 saturated heterocycles. The Kier molecular flexibility index (Phi) is 3.29. The van der Waals surface area contributed by atoms with Gasteiger partial charge in [-0.25, -0.2) is 8.42 Å². The third kappa shape index (κ3) is 2.41. The van der Waals surface area contributed by atoms with Gasteiger partial charge in [-0.05, 0) is 31.7 Å². The van der Waals surface area contributed by atoms with Crippen molar-refractivity contribution in [3.05, 3.63) is 0 Å². The van der Waals surface area contributed by atoms with Gasteiger partial charge in [-0.1, -0.05) is 6.92 Å². The van der Waals surface area contributed by atoms with E-state index >= 15 is 0 Å². The zero-order chi connectivity index (χ0) is 11.8. The summed E-state index contributed by atoms with van der Waals surface area (Å²) in [6.45, 7) is 4.50. The first-order valence-electron chi connectivity index (χ1n) is 6.17. The first-order valence-corrected chi connectivity index (χ1v) is 7.99. The Hall–Kier alpha value is -0.130. The molecule has 1 atom stereocenters. The van der Waals surface area contributed by atoms with Gasteiger partial charge >= 0.3 is 0 Å². The van der Waals surface area contributed by atoms with Gasteiger partial charge in [0.05, 0.1) is 11.5 Å². The van der Waals surface area contributed by atoms with Crippen LogP contribution in [0, 0.1) is 5.92 Å². The molecule has 94 valence electrons. The Morgan fingerprint density at radius 3 is 2.50 bits per heavy atom. The molecule has 1 aliphatic heterocycles. The fourth-order valence-electron chi connectivity index (χ4n) is 2.71. The Bertz CT molecular complexity index is 351. The van der Waals surface area contributed by atoms with Gasteiger partial charge in [0.15, 0.2) is 9.84 Å². The highest BCUT2D eigenvalue weighted by atomic mass is 32.2. The second-order valence-electron chi connectivity index (χ2n) is 5.25. The standard InChI is InChI=1S/C11H22N2O2S/c1-2-13(7-10-3-4-10)11(8-12)5-6-16(14,15)9-11/h10H,2-9,12H2,1H3. The van der Waals surface area contributed by atoms with Crippen molar-refractivity contribution in [3.63, 3.8) is 0 Å². The lowest BCUT2D eigenvalue weighted by Crippen LogP contribution is -2.55. The van der Waals surface area contributed by atoms with Crippen LogP contribution < -0.4 is 5.73 Å². The van der Waals surface area contributed by atoms with Crippen molar-refractivity contribution in [2.24, 2.45) is 11.7 Å². The van der Waals surface area contributed by atoms with Crippen molar-refractivity contribution in [3.8, 4) is 0 Å². The van der Waals surface area contributed by atoms with Gasteiger partial charge < -0.3 is 5.73 Å². The molecule has 2 N–H and O–H groups in total. The quantitative estimate of drug-likeness (QED) is 0.754. The smallest absolute Gasteiger partial charge is 0.152 e. The van der Waals surface area contributed by atoms with Gasteiger partial charge in [0.25, 0.3) is 0 Å². The molecule has 0 aromatic heterocycles. The summed E-state index contributed by atoms with van der Waals surface area (Å²) in [7, 11) is -2.86. The minimum Gasteiger partial charge on any atom is -0.329 e. The third-order valence-electron chi connectivity index (χ3n) is 3.98. The van der Waals surface area contributed by atoms with Crippen LogP contribution in [0.1, 0.15) is 26.2 Å². The molecule has 16 heavy (non-hydrogen) atoms. The van der Waals surface area contributed by atoms with E-state index in [0.29, 0.717) is 18.7 Å². The monoisotopic (exact) mass is 246 g/mol. The fraction of sp³-hybridized carbons (Fsp3) is 1.00. The van der Waals surface area contributed by atoms with E-state index < -0.39 is 9.84 Å². The second-order valence-corrected chi connectivity index (χ2v) is 7.44. The summed E-state index contributed by atoms with van der Waals surface area (Å²) in [4.78, 5) is 2.31. The lowest BCUT2D eigenvalue weighted by Gasteiger charge is -2.39. The minimum atomic E-state index is -2.86. The summed E-state index contributed by atoms with van der Waals surface area (Å²) < 4.78 is 23.3. The molecule has 0 radical (unpaired) electrons. The van der Waals surface area contributed by atoms with Crippen molar-refractivity contribution in [1.29, 1.82) is 0 Å². The lowest BCUT2D eigenvalue weighted by atomic mass is 9.96. The fourth-order valence-corrected chi connectivity index (χ4v) is 4.81. The van der Waals surface area contributed by atoms with Gasteiger partial charge in [-0.15, -0.1) is 0 Å². The van der Waals surface area contributed by atoms with E-state index in [-0.39, 0.29) is 11.3 Å². The number of nitrogens with two attached hydrogens (primary N) is 1. The summed E-state index contributed by atoms with van der Waals surface area (Å²) in [5.41, 5.74) is 5.59. The van der Waals surface area contributed by atoms with Crippen LogP contribution in [-0.2, 0) is 9.84 Å². The van der Waals surface area contributed by atoms with Crippen LogP contribution in [0.2, 0.25) is 0 Å². The average molecular weight is 246 g/mol. The summed E-state index contributed by atoms with van der Waals surface area (Å²) in [5, 5.41) is 0. The van der Waals surface area contributed by atoms with E-state index in [2.05, 4.69) is 11.8 Å². The predicted octanol–water partition coefficient (Wildman–Crippen LogP) is 0.234. The van der Waals surface area contributed by atoms with E-state index in [1.54, 1.807) is 0 Å². The lowest BCUT2D eigenvalue weighted by molar-refractivity contribution is 0.117. The molecule has 1 heterocycles. The molecule has 0 aromatic carbocycles. The number of sulfone groups is 1. The van der Waals surface area contributed by atoms with Crippen molar-refractivity contribution in [2.45, 2.75) is 31.7 Å². The normalized spacial score (nSPS) is 33.4. The molecule has 2 fully saturated rings. The van der Waals surface area contributed by atoms with Crippen LogP contribution in [0.3, 0.4) is 0 Å². The van der Waals surface area contributed by atoms with E-state index in [1.807, 2.05) is 0 Å². The van der Waals surface area contributed by atoms with E-state index in [1.165, 1.54) is 12.8 Å². The Morgan fingerprint density at radius 1 is 1.44 bits per heavy atom. The molecule has 1 aliphatic carbocycles. The number of rotatable bonds is 5.